The fourth-order valence-corrected chi connectivity index (χ4v) is 2.00. The molecule has 0 aromatic heterocycles. The van der Waals surface area contributed by atoms with Gasteiger partial charge in [-0.15, -0.1) is 0 Å². The molecule has 0 aliphatic rings. The Hall–Kier alpha value is 0.430. The molecule has 0 unspecified atom stereocenters. The van der Waals surface area contributed by atoms with Gasteiger partial charge in [-0.05, 0) is 20.3 Å². The molecule has 0 heterocycles. The van der Waals surface area contributed by atoms with E-state index in [1.807, 2.05) is 0 Å². The van der Waals surface area contributed by atoms with Crippen LogP contribution in [0, 0.1) is 0 Å². The molecule has 0 spiro atoms. The molecule has 0 rings (SSSR count). The van der Waals surface area contributed by atoms with Crippen molar-refractivity contribution < 1.29 is 40.9 Å². The van der Waals surface area contributed by atoms with E-state index in [-0.39, 0.29) is 36.9 Å². The summed E-state index contributed by atoms with van der Waals surface area (Å²) < 4.78 is 0. The number of hydrogen-bond donors (Lipinski definition) is 2. The molecule has 0 radical (unpaired) electrons. The first-order chi connectivity index (χ1) is 8.45. The largest absolute Gasteiger partial charge is 1.00 e. The van der Waals surface area contributed by atoms with Gasteiger partial charge in [-0.2, -0.15) is 0 Å². The van der Waals surface area contributed by atoms with Gasteiger partial charge < -0.3 is 11.8 Å². The molecule has 0 saturated carbocycles. The van der Waals surface area contributed by atoms with E-state index in [4.69, 9.17) is 0 Å². The molecule has 0 aromatic carbocycles. The van der Waals surface area contributed by atoms with Crippen LogP contribution < -0.4 is 34.9 Å². The summed E-state index contributed by atoms with van der Waals surface area (Å²) in [6.45, 7) is 5.40. The van der Waals surface area contributed by atoms with Crippen molar-refractivity contribution in [1.82, 2.24) is 5.32 Å². The zero-order chi connectivity index (χ0) is 13.9. The number of carbonyl (C=O) groups is 1. The maximum Gasteiger partial charge on any atom is 1.00 e. The van der Waals surface area contributed by atoms with Gasteiger partial charge in [0.25, 0.3) is 0 Å². The van der Waals surface area contributed by atoms with E-state index in [0.29, 0.717) is 6.42 Å². The Kier molecular flexibility index (Phi) is 15.3. The number of rotatable bonds is 11. The van der Waals surface area contributed by atoms with Crippen molar-refractivity contribution in [2.75, 3.05) is 0 Å². The van der Waals surface area contributed by atoms with Crippen LogP contribution in [0.1, 0.15) is 86.4 Å². The van der Waals surface area contributed by atoms with Gasteiger partial charge in [0.05, 0.1) is 0 Å². The number of unbranched alkanes of at least 4 members (excludes halogenated alkanes) is 8. The molecule has 0 atom stereocenters. The van der Waals surface area contributed by atoms with Crippen LogP contribution in [-0.2, 0) is 4.79 Å². The standard InChI is InChI=1S/C15H31NO2.Na.H/c1-4-5-6-7-8-9-10-11-12-13-14(17)16-15(2,3)18;;/h18H,4-13H2,1-3H3,(H,16,17);;/q;+1;-1. The van der Waals surface area contributed by atoms with Crippen molar-refractivity contribution in [3.63, 3.8) is 0 Å². The summed E-state index contributed by atoms with van der Waals surface area (Å²) in [6, 6.07) is 0. The van der Waals surface area contributed by atoms with Gasteiger partial charge in [0, 0.05) is 6.42 Å². The van der Waals surface area contributed by atoms with Crippen molar-refractivity contribution in [2.24, 2.45) is 0 Å². The Morgan fingerprint density at radius 2 is 1.42 bits per heavy atom. The summed E-state index contributed by atoms with van der Waals surface area (Å²) in [6.07, 6.45) is 11.8. The third-order valence-electron chi connectivity index (χ3n) is 2.95. The van der Waals surface area contributed by atoms with E-state index >= 15 is 0 Å². The van der Waals surface area contributed by atoms with Crippen LogP contribution in [0.15, 0.2) is 0 Å². The number of hydrogen-bond acceptors (Lipinski definition) is 2. The minimum absolute atomic E-state index is 0. The summed E-state index contributed by atoms with van der Waals surface area (Å²) in [5.74, 6) is -0.0505. The van der Waals surface area contributed by atoms with Crippen molar-refractivity contribution in [2.45, 2.75) is 90.7 Å². The maximum absolute atomic E-state index is 11.4. The van der Waals surface area contributed by atoms with Crippen LogP contribution in [-0.4, -0.2) is 16.7 Å². The SMILES string of the molecule is CCCCCCCCCCCC(=O)NC(C)(C)O.[H-].[Na+]. The fraction of sp³-hybridized carbons (Fsp3) is 0.933. The van der Waals surface area contributed by atoms with Crippen LogP contribution in [0.25, 0.3) is 0 Å². The molecule has 0 aliphatic carbocycles. The molecule has 1 amide bonds. The molecule has 110 valence electrons. The second kappa shape index (κ2) is 13.4. The number of carbonyl (C=O) groups excluding carboxylic acids is 1. The van der Waals surface area contributed by atoms with E-state index in [9.17, 15) is 9.90 Å². The van der Waals surface area contributed by atoms with E-state index in [0.717, 1.165) is 12.8 Å². The van der Waals surface area contributed by atoms with Gasteiger partial charge in [0.15, 0.2) is 0 Å². The Morgan fingerprint density at radius 3 is 1.84 bits per heavy atom. The molecule has 19 heavy (non-hydrogen) atoms. The molecular formula is C15H32NNaO2. The quantitative estimate of drug-likeness (QED) is 0.335. The van der Waals surface area contributed by atoms with Gasteiger partial charge in [-0.1, -0.05) is 58.3 Å². The predicted octanol–water partition coefficient (Wildman–Crippen LogP) is 0.868. The molecule has 0 saturated heterocycles. The molecular weight excluding hydrogens is 249 g/mol. The molecule has 3 nitrogen and oxygen atoms in total. The van der Waals surface area contributed by atoms with Crippen molar-refractivity contribution >= 4 is 5.91 Å². The minimum atomic E-state index is -1.09. The summed E-state index contributed by atoms with van der Waals surface area (Å²) in [5.41, 5.74) is -1.09. The van der Waals surface area contributed by atoms with Gasteiger partial charge in [-0.25, -0.2) is 0 Å². The topological polar surface area (TPSA) is 49.3 Å². The van der Waals surface area contributed by atoms with Gasteiger partial charge in [0.1, 0.15) is 5.72 Å². The van der Waals surface area contributed by atoms with Gasteiger partial charge in [-0.3, -0.25) is 4.79 Å². The Balaban J connectivity index is -0.00000144. The second-order valence-electron chi connectivity index (χ2n) is 5.69. The van der Waals surface area contributed by atoms with E-state index in [1.54, 1.807) is 13.8 Å². The molecule has 0 aliphatic heterocycles. The van der Waals surface area contributed by atoms with Crippen LogP contribution in [0.4, 0.5) is 0 Å². The second-order valence-corrected chi connectivity index (χ2v) is 5.69. The minimum Gasteiger partial charge on any atom is -1.00 e. The van der Waals surface area contributed by atoms with Gasteiger partial charge >= 0.3 is 29.6 Å². The summed E-state index contributed by atoms with van der Waals surface area (Å²) >= 11 is 0. The average Bonchev–Trinajstić information content (AvgIpc) is 2.24. The molecule has 2 N–H and O–H groups in total. The summed E-state index contributed by atoms with van der Waals surface area (Å²) in [4.78, 5) is 11.4. The first kappa shape index (κ1) is 21.7. The molecule has 0 fully saturated rings. The molecule has 4 heteroatoms. The van der Waals surface area contributed by atoms with Crippen LogP contribution in [0.2, 0.25) is 0 Å². The first-order valence-electron chi connectivity index (χ1n) is 7.49. The summed E-state index contributed by atoms with van der Waals surface area (Å²) in [7, 11) is 0. The smallest absolute Gasteiger partial charge is 1.00 e. The summed E-state index contributed by atoms with van der Waals surface area (Å²) in [5, 5.41) is 12.0. The third-order valence-corrected chi connectivity index (χ3v) is 2.95. The van der Waals surface area contributed by atoms with Crippen LogP contribution >= 0.6 is 0 Å². The zero-order valence-electron chi connectivity index (χ0n) is 14.4. The number of amides is 1. The Labute approximate surface area is 142 Å². The Morgan fingerprint density at radius 1 is 1.00 bits per heavy atom. The van der Waals surface area contributed by atoms with Crippen LogP contribution in [0.3, 0.4) is 0 Å². The average molecular weight is 281 g/mol. The third kappa shape index (κ3) is 18.4. The molecule has 0 aromatic rings. The number of aliphatic hydroxyl groups is 1. The van der Waals surface area contributed by atoms with Crippen molar-refractivity contribution in [3.05, 3.63) is 0 Å². The van der Waals surface area contributed by atoms with Crippen LogP contribution in [0.5, 0.6) is 0 Å². The van der Waals surface area contributed by atoms with Crippen molar-refractivity contribution in [3.8, 4) is 0 Å². The normalized spacial score (nSPS) is 10.9. The Bertz CT molecular complexity index is 220. The fourth-order valence-electron chi connectivity index (χ4n) is 2.00. The van der Waals surface area contributed by atoms with E-state index in [2.05, 4.69) is 12.2 Å². The number of nitrogens with one attached hydrogen (secondary N) is 1. The van der Waals surface area contributed by atoms with E-state index < -0.39 is 5.72 Å². The maximum atomic E-state index is 11.4. The monoisotopic (exact) mass is 281 g/mol. The molecule has 0 bridgehead atoms. The predicted molar refractivity (Wildman–Crippen MR) is 77.4 cm³/mol. The van der Waals surface area contributed by atoms with E-state index in [1.165, 1.54) is 44.9 Å². The van der Waals surface area contributed by atoms with Gasteiger partial charge in [0.2, 0.25) is 5.91 Å². The van der Waals surface area contributed by atoms with Crippen molar-refractivity contribution in [1.29, 1.82) is 0 Å². The first-order valence-corrected chi connectivity index (χ1v) is 7.49. The zero-order valence-corrected chi connectivity index (χ0v) is 15.4.